The number of ketones is 1. The van der Waals surface area contributed by atoms with Gasteiger partial charge < -0.3 is 14.8 Å². The van der Waals surface area contributed by atoms with Crippen LogP contribution in [0.3, 0.4) is 0 Å². The molecule has 0 aliphatic carbocycles. The maximum atomic E-state index is 12.5. The van der Waals surface area contributed by atoms with Crippen molar-refractivity contribution in [3.8, 4) is 5.75 Å². The number of hydrogen-bond donors (Lipinski definition) is 2. The van der Waals surface area contributed by atoms with Gasteiger partial charge in [-0.2, -0.15) is 17.0 Å². The van der Waals surface area contributed by atoms with Crippen molar-refractivity contribution in [1.29, 1.82) is 0 Å². The van der Waals surface area contributed by atoms with Crippen molar-refractivity contribution < 1.29 is 23.0 Å². The molecule has 0 spiro atoms. The molecular weight excluding hydrogens is 384 g/mol. The van der Waals surface area contributed by atoms with Crippen molar-refractivity contribution in [3.63, 3.8) is 0 Å². The van der Waals surface area contributed by atoms with E-state index in [4.69, 9.17) is 4.74 Å². The van der Waals surface area contributed by atoms with Crippen molar-refractivity contribution >= 4 is 18.4 Å². The number of rotatable bonds is 4. The Balaban J connectivity index is 0.000000281. The van der Waals surface area contributed by atoms with Gasteiger partial charge >= 0.3 is 0 Å². The number of ether oxygens (including phenoxy) is 2. The first-order valence-electron chi connectivity index (χ1n) is 9.53. The van der Waals surface area contributed by atoms with Crippen LogP contribution in [-0.4, -0.2) is 37.4 Å². The zero-order valence-corrected chi connectivity index (χ0v) is 17.9. The molecule has 2 aliphatic heterocycles. The van der Waals surface area contributed by atoms with Gasteiger partial charge in [0.2, 0.25) is 5.82 Å². The second-order valence-electron chi connectivity index (χ2n) is 6.67. The molecular formula is C21H31F2NO3S. The lowest BCUT2D eigenvalue weighted by Gasteiger charge is -2.27. The number of nitrogens with one attached hydrogen (secondary N) is 1. The van der Waals surface area contributed by atoms with Gasteiger partial charge in [0.1, 0.15) is 0 Å². The molecule has 0 bridgehead atoms. The molecule has 1 aromatic carbocycles. The summed E-state index contributed by atoms with van der Waals surface area (Å²) in [5.74, 6) is -1.65. The summed E-state index contributed by atoms with van der Waals surface area (Å²) in [6.45, 7) is 4.24. The van der Waals surface area contributed by atoms with Crippen LogP contribution < -0.4 is 10.1 Å². The second-order valence-corrected chi connectivity index (χ2v) is 6.67. The Morgan fingerprint density at radius 3 is 2.54 bits per heavy atom. The summed E-state index contributed by atoms with van der Waals surface area (Å²) < 4.78 is 35.1. The van der Waals surface area contributed by atoms with E-state index in [0.29, 0.717) is 18.6 Å². The molecule has 1 aromatic rings. The Kier molecular flexibility index (Phi) is 11.2. The van der Waals surface area contributed by atoms with Crippen LogP contribution >= 0.6 is 12.6 Å². The highest BCUT2D eigenvalue weighted by atomic mass is 32.1. The summed E-state index contributed by atoms with van der Waals surface area (Å²) in [5, 5.41) is 3.46. The zero-order chi connectivity index (χ0) is 21.1. The normalized spacial score (nSPS) is 23.5. The molecule has 0 aromatic heterocycles. The van der Waals surface area contributed by atoms with E-state index in [2.05, 4.69) is 36.5 Å². The number of carbonyl (C=O) groups is 1. The van der Waals surface area contributed by atoms with Crippen LogP contribution in [-0.2, 0) is 9.53 Å². The van der Waals surface area contributed by atoms with Gasteiger partial charge in [0.25, 0.3) is 0 Å². The Morgan fingerprint density at radius 2 is 2.00 bits per heavy atom. The number of carbonyl (C=O) groups excluding carboxylic acids is 1. The molecule has 0 amide bonds. The van der Waals surface area contributed by atoms with Crippen molar-refractivity contribution in [3.05, 3.63) is 41.6 Å². The molecule has 158 valence electrons. The predicted molar refractivity (Wildman–Crippen MR) is 111 cm³/mol. The summed E-state index contributed by atoms with van der Waals surface area (Å²) in [4.78, 5) is 11.6. The number of allylic oxidation sites excluding steroid dienone is 1. The summed E-state index contributed by atoms with van der Waals surface area (Å²) in [6.07, 6.45) is 8.83. The van der Waals surface area contributed by atoms with E-state index >= 15 is 0 Å². The number of methoxy groups -OCH3 is 1. The standard InChI is InChI=1S/C13H21NO2.C7H6F2O.CH4S/c1-3-4-10-7-11(15)8-12(14-10)13-6-5-9(2)16-13;1-10-6-4-2-3-5(8)7(6)9;1-2/h8-10,13-14H,3-7H2,1-2H3;2-4H,1H3;2H,1H3/t9-,10?,13?;;/m1../s1. The van der Waals surface area contributed by atoms with Gasteiger partial charge in [-0.15, -0.1) is 0 Å². The summed E-state index contributed by atoms with van der Waals surface area (Å²) >= 11 is 3.53. The fourth-order valence-corrected chi connectivity index (χ4v) is 3.19. The molecule has 1 fully saturated rings. The Hall–Kier alpha value is -1.60. The maximum Gasteiger partial charge on any atom is 0.200 e. The van der Waals surface area contributed by atoms with Crippen LogP contribution in [0.25, 0.3) is 0 Å². The fraction of sp³-hybridized carbons (Fsp3) is 0.571. The molecule has 0 saturated carbocycles. The maximum absolute atomic E-state index is 12.5. The SMILES string of the molecule is CCCC1CC(=O)C=C(C2CC[C@@H](C)O2)N1.COc1cccc(F)c1F.CS. The lowest BCUT2D eigenvalue weighted by Crippen LogP contribution is -2.39. The number of benzene rings is 1. The predicted octanol–water partition coefficient (Wildman–Crippen LogP) is 4.69. The van der Waals surface area contributed by atoms with Crippen LogP contribution in [0.2, 0.25) is 0 Å². The fourth-order valence-electron chi connectivity index (χ4n) is 3.19. The van der Waals surface area contributed by atoms with Crippen molar-refractivity contribution in [2.45, 2.75) is 64.2 Å². The highest BCUT2D eigenvalue weighted by Gasteiger charge is 2.29. The second kappa shape index (κ2) is 12.8. The van der Waals surface area contributed by atoms with E-state index in [0.717, 1.165) is 37.4 Å². The van der Waals surface area contributed by atoms with Gasteiger partial charge in [-0.05, 0) is 44.6 Å². The van der Waals surface area contributed by atoms with E-state index in [-0.39, 0.29) is 17.6 Å². The molecule has 2 unspecified atom stereocenters. The van der Waals surface area contributed by atoms with Crippen molar-refractivity contribution in [1.82, 2.24) is 5.32 Å². The molecule has 7 heteroatoms. The number of thiol groups is 1. The molecule has 3 rings (SSSR count). The van der Waals surface area contributed by atoms with Gasteiger partial charge in [-0.1, -0.05) is 19.4 Å². The minimum atomic E-state index is -0.940. The van der Waals surface area contributed by atoms with Gasteiger partial charge in [0, 0.05) is 24.2 Å². The van der Waals surface area contributed by atoms with Crippen molar-refractivity contribution in [2.75, 3.05) is 13.4 Å². The van der Waals surface area contributed by atoms with E-state index in [9.17, 15) is 13.6 Å². The number of halogens is 2. The first kappa shape index (κ1) is 24.4. The van der Waals surface area contributed by atoms with Crippen LogP contribution in [0.4, 0.5) is 8.78 Å². The monoisotopic (exact) mass is 415 g/mol. The van der Waals surface area contributed by atoms with Gasteiger partial charge in [0.15, 0.2) is 17.3 Å². The molecule has 1 saturated heterocycles. The zero-order valence-electron chi connectivity index (χ0n) is 17.0. The number of hydrogen-bond acceptors (Lipinski definition) is 5. The highest BCUT2D eigenvalue weighted by Crippen LogP contribution is 2.26. The van der Waals surface area contributed by atoms with Crippen LogP contribution in [0.1, 0.15) is 46.0 Å². The highest BCUT2D eigenvalue weighted by molar-refractivity contribution is 7.79. The van der Waals surface area contributed by atoms with E-state index in [1.807, 2.05) is 0 Å². The molecule has 4 nitrogen and oxygen atoms in total. The first-order valence-corrected chi connectivity index (χ1v) is 10.4. The summed E-state index contributed by atoms with van der Waals surface area (Å²) in [7, 11) is 1.29. The lowest BCUT2D eigenvalue weighted by molar-refractivity contribution is -0.115. The topological polar surface area (TPSA) is 47.6 Å². The smallest absolute Gasteiger partial charge is 0.200 e. The third-order valence-corrected chi connectivity index (χ3v) is 4.49. The Morgan fingerprint density at radius 1 is 1.29 bits per heavy atom. The van der Waals surface area contributed by atoms with Gasteiger partial charge in [-0.3, -0.25) is 4.79 Å². The average Bonchev–Trinajstić information content (AvgIpc) is 3.12. The minimum absolute atomic E-state index is 0.0694. The molecule has 3 atom stereocenters. The van der Waals surface area contributed by atoms with Crippen LogP contribution in [0.15, 0.2) is 30.0 Å². The van der Waals surface area contributed by atoms with Crippen molar-refractivity contribution in [2.24, 2.45) is 0 Å². The van der Waals surface area contributed by atoms with E-state index in [1.165, 1.54) is 19.2 Å². The summed E-state index contributed by atoms with van der Waals surface area (Å²) in [5.41, 5.74) is 1.01. The van der Waals surface area contributed by atoms with Gasteiger partial charge in [-0.25, -0.2) is 4.39 Å². The Labute approximate surface area is 172 Å². The third-order valence-electron chi connectivity index (χ3n) is 4.49. The largest absolute Gasteiger partial charge is 0.494 e. The average molecular weight is 416 g/mol. The molecule has 2 heterocycles. The van der Waals surface area contributed by atoms with Crippen LogP contribution in [0.5, 0.6) is 5.75 Å². The quantitative estimate of drug-likeness (QED) is 0.701. The van der Waals surface area contributed by atoms with E-state index in [1.54, 1.807) is 12.3 Å². The molecule has 2 aliphatic rings. The third kappa shape index (κ3) is 7.43. The molecule has 28 heavy (non-hydrogen) atoms. The van der Waals surface area contributed by atoms with E-state index < -0.39 is 11.6 Å². The molecule has 0 radical (unpaired) electrons. The molecule has 1 N–H and O–H groups in total. The van der Waals surface area contributed by atoms with Crippen LogP contribution in [0, 0.1) is 11.6 Å². The Bertz CT molecular complexity index is 655. The van der Waals surface area contributed by atoms with Gasteiger partial charge in [0.05, 0.1) is 19.3 Å². The first-order chi connectivity index (χ1) is 13.4. The minimum Gasteiger partial charge on any atom is -0.494 e. The lowest BCUT2D eigenvalue weighted by atomic mass is 9.98. The summed E-state index contributed by atoms with van der Waals surface area (Å²) in [6, 6.07) is 4.10.